The molecule has 0 saturated heterocycles. The van der Waals surface area contributed by atoms with Gasteiger partial charge < -0.3 is 15.4 Å². The van der Waals surface area contributed by atoms with Crippen molar-refractivity contribution >= 4 is 0 Å². The van der Waals surface area contributed by atoms with Crippen LogP contribution < -0.4 is 5.32 Å². The minimum absolute atomic E-state index is 0.107. The van der Waals surface area contributed by atoms with Crippen LogP contribution in [-0.4, -0.2) is 28.9 Å². The second kappa shape index (κ2) is 8.92. The summed E-state index contributed by atoms with van der Waals surface area (Å²) in [5.41, 5.74) is 2.15. The summed E-state index contributed by atoms with van der Waals surface area (Å²) >= 11 is 0. The van der Waals surface area contributed by atoms with Gasteiger partial charge in [0, 0.05) is 26.0 Å². The van der Waals surface area contributed by atoms with Crippen molar-refractivity contribution in [2.45, 2.75) is 13.1 Å². The molecule has 2 aromatic rings. The van der Waals surface area contributed by atoms with Crippen molar-refractivity contribution in [2.24, 2.45) is 0 Å². The molecule has 0 aliphatic heterocycles. The first kappa shape index (κ1) is 17.0. The third kappa shape index (κ3) is 5.73. The van der Waals surface area contributed by atoms with Gasteiger partial charge in [-0.3, -0.25) is 0 Å². The van der Waals surface area contributed by atoms with E-state index in [4.69, 9.17) is 0 Å². The van der Waals surface area contributed by atoms with Crippen LogP contribution in [0.1, 0.15) is 11.1 Å². The Morgan fingerprint density at radius 2 is 1.74 bits per heavy atom. The highest BCUT2D eigenvalue weighted by Crippen LogP contribution is 2.08. The van der Waals surface area contributed by atoms with Crippen LogP contribution in [0.5, 0.6) is 0 Å². The van der Waals surface area contributed by atoms with Gasteiger partial charge in [-0.15, -0.1) is 0 Å². The number of hydrogen-bond donors (Lipinski definition) is 2. The molecule has 0 amide bonds. The molecule has 0 saturated carbocycles. The summed E-state index contributed by atoms with van der Waals surface area (Å²) < 4.78 is 13.0. The van der Waals surface area contributed by atoms with Gasteiger partial charge in [-0.25, -0.2) is 4.39 Å². The third-order valence-electron chi connectivity index (χ3n) is 3.41. The molecular formula is C18H22FN3O. The number of benzene rings is 2. The van der Waals surface area contributed by atoms with E-state index in [9.17, 15) is 9.50 Å². The highest BCUT2D eigenvalue weighted by Gasteiger charge is 2.06. The van der Waals surface area contributed by atoms with E-state index in [1.54, 1.807) is 24.2 Å². The summed E-state index contributed by atoms with van der Waals surface area (Å²) in [6.45, 7) is 1.16. The van der Waals surface area contributed by atoms with E-state index in [1.165, 1.54) is 17.7 Å². The molecule has 2 rings (SSSR count). The van der Waals surface area contributed by atoms with Crippen LogP contribution in [0, 0.1) is 5.82 Å². The summed E-state index contributed by atoms with van der Waals surface area (Å²) in [7, 11) is 1.78. The van der Waals surface area contributed by atoms with Gasteiger partial charge in [0.2, 0.25) is 0 Å². The Balaban J connectivity index is 1.92. The summed E-state index contributed by atoms with van der Waals surface area (Å²) in [6, 6.07) is 16.4. The molecule has 0 heterocycles. The molecule has 0 atom stereocenters. The molecule has 5 heteroatoms. The monoisotopic (exact) mass is 315 g/mol. The van der Waals surface area contributed by atoms with E-state index in [-0.39, 0.29) is 12.5 Å². The maximum absolute atomic E-state index is 13.0. The standard InChI is InChI=1S/C18H22FN3O/c1-21(15-23)22(14-17-7-9-18(19)10-8-17)12-11-20-13-16-5-3-2-4-6-16/h2-12,20,23H,13-15H2,1H3/b12-11+. The lowest BCUT2D eigenvalue weighted by atomic mass is 10.2. The van der Waals surface area contributed by atoms with Crippen molar-refractivity contribution in [3.05, 3.63) is 83.9 Å². The van der Waals surface area contributed by atoms with Gasteiger partial charge in [-0.05, 0) is 23.3 Å². The number of aliphatic hydroxyl groups is 1. The fourth-order valence-corrected chi connectivity index (χ4v) is 2.06. The molecule has 2 aromatic carbocycles. The van der Waals surface area contributed by atoms with Gasteiger partial charge in [-0.1, -0.05) is 42.5 Å². The fraction of sp³-hybridized carbons (Fsp3) is 0.222. The van der Waals surface area contributed by atoms with Crippen LogP contribution in [0.25, 0.3) is 0 Å². The molecule has 0 radical (unpaired) electrons. The van der Waals surface area contributed by atoms with E-state index < -0.39 is 0 Å². The quantitative estimate of drug-likeness (QED) is 0.580. The van der Waals surface area contributed by atoms with Crippen LogP contribution in [0.4, 0.5) is 4.39 Å². The summed E-state index contributed by atoms with van der Waals surface area (Å²) in [5.74, 6) is -0.254. The van der Waals surface area contributed by atoms with Crippen molar-refractivity contribution in [3.63, 3.8) is 0 Å². The number of halogens is 1. The maximum Gasteiger partial charge on any atom is 0.123 e. The van der Waals surface area contributed by atoms with E-state index in [1.807, 2.05) is 35.6 Å². The number of nitrogens with zero attached hydrogens (tertiary/aromatic N) is 2. The van der Waals surface area contributed by atoms with Crippen LogP contribution in [0.2, 0.25) is 0 Å². The predicted molar refractivity (Wildman–Crippen MR) is 89.2 cm³/mol. The Hall–Kier alpha value is -2.37. The Kier molecular flexibility index (Phi) is 6.59. The van der Waals surface area contributed by atoms with Gasteiger partial charge in [0.05, 0.1) is 6.54 Å². The third-order valence-corrected chi connectivity index (χ3v) is 3.41. The Labute approximate surface area is 136 Å². The zero-order valence-electron chi connectivity index (χ0n) is 13.2. The van der Waals surface area contributed by atoms with Crippen molar-refractivity contribution in [1.82, 2.24) is 15.3 Å². The molecule has 0 aliphatic rings. The van der Waals surface area contributed by atoms with Crippen molar-refractivity contribution in [1.29, 1.82) is 0 Å². The average molecular weight is 315 g/mol. The van der Waals surface area contributed by atoms with Crippen molar-refractivity contribution < 1.29 is 9.50 Å². The first-order valence-corrected chi connectivity index (χ1v) is 7.46. The van der Waals surface area contributed by atoms with Gasteiger partial charge in [0.25, 0.3) is 0 Å². The van der Waals surface area contributed by atoms with Gasteiger partial charge >= 0.3 is 0 Å². The van der Waals surface area contributed by atoms with Gasteiger partial charge in [-0.2, -0.15) is 5.01 Å². The Bertz CT molecular complexity index is 601. The predicted octanol–water partition coefficient (Wildman–Crippen LogP) is 2.69. The Morgan fingerprint density at radius 1 is 1.04 bits per heavy atom. The molecule has 2 N–H and O–H groups in total. The fourth-order valence-electron chi connectivity index (χ4n) is 2.06. The first-order chi connectivity index (χ1) is 11.2. The van der Waals surface area contributed by atoms with Crippen LogP contribution >= 0.6 is 0 Å². The largest absolute Gasteiger partial charge is 0.386 e. The number of rotatable bonds is 8. The summed E-state index contributed by atoms with van der Waals surface area (Å²) in [5, 5.41) is 16.1. The van der Waals surface area contributed by atoms with Crippen LogP contribution in [0.3, 0.4) is 0 Å². The first-order valence-electron chi connectivity index (χ1n) is 7.46. The highest BCUT2D eigenvalue weighted by atomic mass is 19.1. The van der Waals surface area contributed by atoms with E-state index in [0.29, 0.717) is 6.54 Å². The van der Waals surface area contributed by atoms with E-state index in [0.717, 1.165) is 12.1 Å². The zero-order chi connectivity index (χ0) is 16.5. The number of nitrogens with one attached hydrogen (secondary N) is 1. The van der Waals surface area contributed by atoms with Crippen LogP contribution in [-0.2, 0) is 13.1 Å². The maximum atomic E-state index is 13.0. The molecule has 23 heavy (non-hydrogen) atoms. The molecular weight excluding hydrogens is 293 g/mol. The minimum Gasteiger partial charge on any atom is -0.386 e. The molecule has 122 valence electrons. The molecule has 4 nitrogen and oxygen atoms in total. The second-order valence-corrected chi connectivity index (χ2v) is 5.21. The molecule has 0 aromatic heterocycles. The normalized spacial score (nSPS) is 11.1. The average Bonchev–Trinajstić information content (AvgIpc) is 2.59. The molecule has 0 bridgehead atoms. The van der Waals surface area contributed by atoms with E-state index in [2.05, 4.69) is 17.4 Å². The lowest BCUT2D eigenvalue weighted by Gasteiger charge is -2.29. The van der Waals surface area contributed by atoms with E-state index >= 15 is 0 Å². The number of hydrogen-bond acceptors (Lipinski definition) is 4. The van der Waals surface area contributed by atoms with Crippen molar-refractivity contribution in [3.8, 4) is 0 Å². The summed E-state index contributed by atoms with van der Waals surface area (Å²) in [6.07, 6.45) is 3.69. The summed E-state index contributed by atoms with van der Waals surface area (Å²) in [4.78, 5) is 0. The molecule has 0 aliphatic carbocycles. The van der Waals surface area contributed by atoms with Gasteiger partial charge in [0.15, 0.2) is 0 Å². The van der Waals surface area contributed by atoms with Crippen molar-refractivity contribution in [2.75, 3.05) is 13.8 Å². The van der Waals surface area contributed by atoms with Crippen LogP contribution in [0.15, 0.2) is 67.0 Å². The highest BCUT2D eigenvalue weighted by molar-refractivity contribution is 5.16. The molecule has 0 unspecified atom stereocenters. The number of hydrazine groups is 1. The topological polar surface area (TPSA) is 38.7 Å². The molecule has 0 fully saturated rings. The smallest absolute Gasteiger partial charge is 0.123 e. The SMILES string of the molecule is CN(CO)N(/C=C/NCc1ccccc1)Cc1ccc(F)cc1. The Morgan fingerprint density at radius 3 is 2.39 bits per heavy atom. The minimum atomic E-state index is -0.254. The second-order valence-electron chi connectivity index (χ2n) is 5.21. The lowest BCUT2D eigenvalue weighted by molar-refractivity contribution is -0.0308. The zero-order valence-corrected chi connectivity index (χ0v) is 13.2. The molecule has 0 spiro atoms. The lowest BCUT2D eigenvalue weighted by Crippen LogP contribution is -2.36. The number of aliphatic hydroxyl groups excluding tert-OH is 1. The van der Waals surface area contributed by atoms with Gasteiger partial charge in [0.1, 0.15) is 12.5 Å².